The molecule has 1 aliphatic rings. The standard InChI is InChI=1S/C18H26N4OS/c1-4-16(23)19-5-6-21-7-9-22(10-8-21)18-20-15-12-13(2)11-14(3)17(15)24-18/h11-12H,4-10H2,1-3H3,(H,19,23). The first-order valence-corrected chi connectivity index (χ1v) is 9.50. The summed E-state index contributed by atoms with van der Waals surface area (Å²) in [6, 6.07) is 4.40. The van der Waals surface area contributed by atoms with Crippen molar-refractivity contribution in [3.05, 3.63) is 23.3 Å². The zero-order chi connectivity index (χ0) is 17.1. The number of hydrogen-bond donors (Lipinski definition) is 1. The van der Waals surface area contributed by atoms with Crippen molar-refractivity contribution >= 4 is 32.6 Å². The molecule has 24 heavy (non-hydrogen) atoms. The fraction of sp³-hybridized carbons (Fsp3) is 0.556. The molecule has 1 aromatic heterocycles. The van der Waals surface area contributed by atoms with Crippen molar-refractivity contribution in [3.8, 4) is 0 Å². The molecule has 130 valence electrons. The number of carbonyl (C=O) groups excluding carboxylic acids is 1. The largest absolute Gasteiger partial charge is 0.355 e. The minimum absolute atomic E-state index is 0.133. The lowest BCUT2D eigenvalue weighted by Crippen LogP contribution is -2.48. The quantitative estimate of drug-likeness (QED) is 0.904. The van der Waals surface area contributed by atoms with E-state index < -0.39 is 0 Å². The van der Waals surface area contributed by atoms with Gasteiger partial charge in [0.25, 0.3) is 0 Å². The molecule has 0 unspecified atom stereocenters. The van der Waals surface area contributed by atoms with Gasteiger partial charge in [0.2, 0.25) is 5.91 Å². The van der Waals surface area contributed by atoms with Crippen LogP contribution in [0.2, 0.25) is 0 Å². The van der Waals surface area contributed by atoms with E-state index >= 15 is 0 Å². The Morgan fingerprint density at radius 2 is 2.00 bits per heavy atom. The molecule has 0 spiro atoms. The minimum Gasteiger partial charge on any atom is -0.355 e. The lowest BCUT2D eigenvalue weighted by molar-refractivity contribution is -0.120. The number of nitrogens with zero attached hydrogens (tertiary/aromatic N) is 3. The number of nitrogens with one attached hydrogen (secondary N) is 1. The molecule has 6 heteroatoms. The molecule has 1 saturated heterocycles. The maximum Gasteiger partial charge on any atom is 0.219 e. The van der Waals surface area contributed by atoms with E-state index in [-0.39, 0.29) is 5.91 Å². The van der Waals surface area contributed by atoms with Crippen LogP contribution in [-0.2, 0) is 4.79 Å². The van der Waals surface area contributed by atoms with Gasteiger partial charge in [0.1, 0.15) is 0 Å². The van der Waals surface area contributed by atoms with Crippen LogP contribution in [0.25, 0.3) is 10.2 Å². The second-order valence-corrected chi connectivity index (χ2v) is 7.44. The lowest BCUT2D eigenvalue weighted by Gasteiger charge is -2.34. The number of hydrogen-bond acceptors (Lipinski definition) is 5. The Morgan fingerprint density at radius 3 is 2.71 bits per heavy atom. The average molecular weight is 347 g/mol. The number of rotatable bonds is 5. The second-order valence-electron chi connectivity index (χ2n) is 6.46. The summed E-state index contributed by atoms with van der Waals surface area (Å²) < 4.78 is 1.31. The first-order valence-electron chi connectivity index (χ1n) is 8.68. The van der Waals surface area contributed by atoms with Gasteiger partial charge in [-0.3, -0.25) is 9.69 Å². The first kappa shape index (κ1) is 17.2. The van der Waals surface area contributed by atoms with Gasteiger partial charge in [-0.1, -0.05) is 24.3 Å². The van der Waals surface area contributed by atoms with E-state index in [1.165, 1.54) is 15.8 Å². The van der Waals surface area contributed by atoms with Gasteiger partial charge < -0.3 is 10.2 Å². The van der Waals surface area contributed by atoms with Gasteiger partial charge in [-0.05, 0) is 31.0 Å². The fourth-order valence-electron chi connectivity index (χ4n) is 3.14. The normalized spacial score (nSPS) is 15.9. The van der Waals surface area contributed by atoms with Crippen LogP contribution < -0.4 is 10.2 Å². The average Bonchev–Trinajstić information content (AvgIpc) is 2.99. The van der Waals surface area contributed by atoms with Crippen molar-refractivity contribution in [2.45, 2.75) is 27.2 Å². The molecule has 0 atom stereocenters. The van der Waals surface area contributed by atoms with Crippen molar-refractivity contribution in [1.82, 2.24) is 15.2 Å². The van der Waals surface area contributed by atoms with Gasteiger partial charge in [-0.25, -0.2) is 4.98 Å². The molecule has 0 radical (unpaired) electrons. The number of thiazole rings is 1. The predicted octanol–water partition coefficient (Wildman–Crippen LogP) is 2.56. The molecule has 0 saturated carbocycles. The molecule has 3 rings (SSSR count). The van der Waals surface area contributed by atoms with E-state index in [9.17, 15) is 4.79 Å². The van der Waals surface area contributed by atoms with E-state index in [0.717, 1.165) is 49.9 Å². The van der Waals surface area contributed by atoms with Gasteiger partial charge in [-0.2, -0.15) is 0 Å². The number of piperazine rings is 1. The smallest absolute Gasteiger partial charge is 0.219 e. The zero-order valence-corrected chi connectivity index (χ0v) is 15.6. The highest BCUT2D eigenvalue weighted by atomic mass is 32.1. The molecule has 1 N–H and O–H groups in total. The monoisotopic (exact) mass is 346 g/mol. The molecule has 5 nitrogen and oxygen atoms in total. The molecule has 2 heterocycles. The SMILES string of the molecule is CCC(=O)NCCN1CCN(c2nc3cc(C)cc(C)c3s2)CC1. The molecule has 1 fully saturated rings. The molecule has 1 aliphatic heterocycles. The Labute approximate surface area is 147 Å². The summed E-state index contributed by atoms with van der Waals surface area (Å²) >= 11 is 1.80. The Bertz CT molecular complexity index is 719. The number of anilines is 1. The summed E-state index contributed by atoms with van der Waals surface area (Å²) in [6.07, 6.45) is 0.560. The molecule has 0 aliphatic carbocycles. The van der Waals surface area contributed by atoms with Crippen LogP contribution in [0.3, 0.4) is 0 Å². The second kappa shape index (κ2) is 7.49. The summed E-state index contributed by atoms with van der Waals surface area (Å²) in [5, 5.41) is 4.08. The number of benzene rings is 1. The molecule has 1 aromatic carbocycles. The van der Waals surface area contributed by atoms with Gasteiger partial charge >= 0.3 is 0 Å². The molecule has 0 bridgehead atoms. The van der Waals surface area contributed by atoms with Crippen molar-refractivity contribution in [2.75, 3.05) is 44.2 Å². The van der Waals surface area contributed by atoms with Crippen LogP contribution in [0.15, 0.2) is 12.1 Å². The molecule has 1 amide bonds. The topological polar surface area (TPSA) is 48.5 Å². The van der Waals surface area contributed by atoms with E-state index in [1.54, 1.807) is 11.3 Å². The van der Waals surface area contributed by atoms with Gasteiger partial charge in [0.05, 0.1) is 10.2 Å². The van der Waals surface area contributed by atoms with Crippen LogP contribution in [0.4, 0.5) is 5.13 Å². The zero-order valence-electron chi connectivity index (χ0n) is 14.8. The van der Waals surface area contributed by atoms with E-state index in [0.29, 0.717) is 6.42 Å². The highest BCUT2D eigenvalue weighted by molar-refractivity contribution is 7.22. The number of carbonyl (C=O) groups is 1. The number of fused-ring (bicyclic) bond motifs is 1. The molecular weight excluding hydrogens is 320 g/mol. The van der Waals surface area contributed by atoms with E-state index in [2.05, 4.69) is 41.1 Å². The van der Waals surface area contributed by atoms with Crippen LogP contribution in [0, 0.1) is 13.8 Å². The van der Waals surface area contributed by atoms with E-state index in [1.807, 2.05) is 6.92 Å². The minimum atomic E-state index is 0.133. The summed E-state index contributed by atoms with van der Waals surface area (Å²) in [4.78, 5) is 20.9. The maximum absolute atomic E-state index is 11.3. The number of aryl methyl sites for hydroxylation is 2. The Hall–Kier alpha value is -1.66. The summed E-state index contributed by atoms with van der Waals surface area (Å²) in [5.41, 5.74) is 3.71. The van der Waals surface area contributed by atoms with Crippen molar-refractivity contribution in [2.24, 2.45) is 0 Å². The third-order valence-corrected chi connectivity index (χ3v) is 5.79. The summed E-state index contributed by atoms with van der Waals surface area (Å²) in [6.45, 7) is 11.9. The van der Waals surface area contributed by atoms with Crippen LogP contribution in [0.1, 0.15) is 24.5 Å². The van der Waals surface area contributed by atoms with Crippen LogP contribution >= 0.6 is 11.3 Å². The maximum atomic E-state index is 11.3. The third kappa shape index (κ3) is 3.87. The van der Waals surface area contributed by atoms with Gasteiger partial charge in [-0.15, -0.1) is 0 Å². The summed E-state index contributed by atoms with van der Waals surface area (Å²) in [7, 11) is 0. The third-order valence-electron chi connectivity index (χ3n) is 4.52. The number of aromatic nitrogens is 1. The van der Waals surface area contributed by atoms with Gasteiger partial charge in [0, 0.05) is 45.7 Å². The fourth-order valence-corrected chi connectivity index (χ4v) is 4.21. The Balaban J connectivity index is 1.57. The van der Waals surface area contributed by atoms with Crippen molar-refractivity contribution < 1.29 is 4.79 Å². The number of amides is 1. The van der Waals surface area contributed by atoms with Crippen molar-refractivity contribution in [3.63, 3.8) is 0 Å². The highest BCUT2D eigenvalue weighted by Gasteiger charge is 2.20. The van der Waals surface area contributed by atoms with Crippen molar-refractivity contribution in [1.29, 1.82) is 0 Å². The van der Waals surface area contributed by atoms with Crippen LogP contribution in [0.5, 0.6) is 0 Å². The van der Waals surface area contributed by atoms with Gasteiger partial charge in [0.15, 0.2) is 5.13 Å². The van der Waals surface area contributed by atoms with Crippen LogP contribution in [-0.4, -0.2) is 55.1 Å². The highest BCUT2D eigenvalue weighted by Crippen LogP contribution is 2.32. The lowest BCUT2D eigenvalue weighted by atomic mass is 10.1. The van der Waals surface area contributed by atoms with E-state index in [4.69, 9.17) is 4.98 Å². The summed E-state index contributed by atoms with van der Waals surface area (Å²) in [5.74, 6) is 0.133. The Morgan fingerprint density at radius 1 is 1.25 bits per heavy atom. The first-order chi connectivity index (χ1) is 11.6. The predicted molar refractivity (Wildman–Crippen MR) is 101 cm³/mol. The molecular formula is C18H26N4OS. The molecule has 2 aromatic rings. The Kier molecular flexibility index (Phi) is 5.36.